The average molecular weight is 421 g/mol. The van der Waals surface area contributed by atoms with Crippen molar-refractivity contribution in [2.24, 2.45) is 11.7 Å². The van der Waals surface area contributed by atoms with Gasteiger partial charge in [0.1, 0.15) is 18.1 Å². The third kappa shape index (κ3) is 5.14. The quantitative estimate of drug-likeness (QED) is 0.355. The van der Waals surface area contributed by atoms with Crippen molar-refractivity contribution in [3.8, 4) is 22.6 Å². The zero-order chi connectivity index (χ0) is 22.5. The van der Waals surface area contributed by atoms with Crippen LogP contribution in [0.1, 0.15) is 16.7 Å². The molecule has 0 spiro atoms. The van der Waals surface area contributed by atoms with E-state index in [1.165, 1.54) is 7.05 Å². The number of hydrogen-bond acceptors (Lipinski definition) is 5. The summed E-state index contributed by atoms with van der Waals surface area (Å²) in [5, 5.41) is 1.97. The molecule has 31 heavy (non-hydrogen) atoms. The number of nitrogens with zero attached hydrogens (tertiary/aromatic N) is 2. The summed E-state index contributed by atoms with van der Waals surface area (Å²) in [5.74, 6) is 13.1. The number of hydrogen-bond donors (Lipinski definition) is 2. The number of carbonyl (C=O) groups is 1. The molecule has 0 atom stereocenters. The second kappa shape index (κ2) is 9.51. The second-order valence-corrected chi connectivity index (χ2v) is 7.39. The summed E-state index contributed by atoms with van der Waals surface area (Å²) in [6.45, 7) is 4.22. The summed E-state index contributed by atoms with van der Waals surface area (Å²) in [7, 11) is 3.10. The van der Waals surface area contributed by atoms with Gasteiger partial charge in [-0.15, -0.1) is 0 Å². The Morgan fingerprint density at radius 2 is 1.65 bits per heavy atom. The van der Waals surface area contributed by atoms with E-state index in [2.05, 4.69) is 6.07 Å². The van der Waals surface area contributed by atoms with Crippen LogP contribution in [0.4, 0.5) is 10.5 Å². The number of rotatable bonds is 6. The minimum atomic E-state index is -0.525. The van der Waals surface area contributed by atoms with Crippen molar-refractivity contribution in [2.75, 3.05) is 19.2 Å². The van der Waals surface area contributed by atoms with E-state index in [1.54, 1.807) is 13.2 Å². The predicted octanol–water partition coefficient (Wildman–Crippen LogP) is 4.16. The van der Waals surface area contributed by atoms with Gasteiger partial charge in [0.25, 0.3) is 0 Å². The average Bonchev–Trinajstić information content (AvgIpc) is 2.76. The number of anilines is 1. The van der Waals surface area contributed by atoms with Gasteiger partial charge in [-0.25, -0.2) is 21.5 Å². The van der Waals surface area contributed by atoms with Crippen molar-refractivity contribution in [1.82, 2.24) is 5.01 Å². The number of carbonyl (C=O) groups excluding carboxylic acids is 1. The van der Waals surface area contributed by atoms with Crippen molar-refractivity contribution in [2.45, 2.75) is 20.5 Å². The van der Waals surface area contributed by atoms with E-state index in [1.807, 2.05) is 62.4 Å². The molecule has 0 heterocycles. The lowest BCUT2D eigenvalue weighted by Crippen LogP contribution is -2.49. The summed E-state index contributed by atoms with van der Waals surface area (Å²) in [6.07, 6.45) is 0. The van der Waals surface area contributed by atoms with Gasteiger partial charge in [0, 0.05) is 12.6 Å². The highest BCUT2D eigenvalue weighted by Gasteiger charge is 2.19. The molecule has 7 nitrogen and oxygen atoms in total. The highest BCUT2D eigenvalue weighted by Crippen LogP contribution is 2.30. The topological polar surface area (TPSA) is 94.0 Å². The minimum absolute atomic E-state index is 0.248. The van der Waals surface area contributed by atoms with E-state index in [-0.39, 0.29) is 6.61 Å². The van der Waals surface area contributed by atoms with Gasteiger partial charge in [-0.3, -0.25) is 5.01 Å². The van der Waals surface area contributed by atoms with Gasteiger partial charge >= 0.3 is 6.03 Å². The first kappa shape index (κ1) is 22.1. The maximum absolute atomic E-state index is 12.2. The lowest BCUT2D eigenvalue weighted by atomic mass is 10.0. The number of benzene rings is 3. The van der Waals surface area contributed by atoms with Crippen LogP contribution in [0.5, 0.6) is 11.5 Å². The van der Waals surface area contributed by atoms with E-state index in [4.69, 9.17) is 21.2 Å². The number of aryl methyl sites for hydroxylation is 2. The molecular weight excluding hydrogens is 392 g/mol. The molecule has 0 aromatic heterocycles. The molecule has 2 amide bonds. The fraction of sp³-hybridized carbons (Fsp3) is 0.208. The number of urea groups is 1. The summed E-state index contributed by atoms with van der Waals surface area (Å²) in [5.41, 5.74) is 5.45. The number of hydrazine groups is 2. The summed E-state index contributed by atoms with van der Waals surface area (Å²) in [6, 6.07) is 19.0. The van der Waals surface area contributed by atoms with Gasteiger partial charge in [0.15, 0.2) is 0 Å². The minimum Gasteiger partial charge on any atom is -0.497 e. The number of methoxy groups -OCH3 is 1. The van der Waals surface area contributed by atoms with Crippen LogP contribution in [0.15, 0.2) is 60.7 Å². The van der Waals surface area contributed by atoms with Crippen LogP contribution in [0.25, 0.3) is 11.1 Å². The van der Waals surface area contributed by atoms with Gasteiger partial charge in [0.2, 0.25) is 0 Å². The van der Waals surface area contributed by atoms with E-state index >= 15 is 0 Å². The molecule has 0 aliphatic carbocycles. The Morgan fingerprint density at radius 3 is 2.35 bits per heavy atom. The lowest BCUT2D eigenvalue weighted by molar-refractivity contribution is 0.216. The van der Waals surface area contributed by atoms with Gasteiger partial charge in [0.05, 0.1) is 12.8 Å². The molecule has 0 saturated carbocycles. The van der Waals surface area contributed by atoms with Crippen LogP contribution in [0.2, 0.25) is 0 Å². The number of nitrogens with two attached hydrogens (primary N) is 2. The molecular formula is C24H28N4O3. The normalized spacial score (nSPS) is 10.5. The third-order valence-electron chi connectivity index (χ3n) is 4.99. The molecule has 0 fully saturated rings. The number of ether oxygens (including phenoxy) is 2. The summed E-state index contributed by atoms with van der Waals surface area (Å²) < 4.78 is 11.5. The molecule has 0 bridgehead atoms. The Morgan fingerprint density at radius 1 is 0.935 bits per heavy atom. The van der Waals surface area contributed by atoms with Gasteiger partial charge < -0.3 is 9.47 Å². The molecule has 7 heteroatoms. The molecule has 0 saturated heterocycles. The molecule has 0 aliphatic rings. The highest BCUT2D eigenvalue weighted by molar-refractivity contribution is 5.91. The molecule has 0 aliphatic heterocycles. The maximum Gasteiger partial charge on any atom is 0.352 e. The first-order valence-corrected chi connectivity index (χ1v) is 9.84. The second-order valence-electron chi connectivity index (χ2n) is 7.39. The van der Waals surface area contributed by atoms with Crippen molar-refractivity contribution in [3.05, 3.63) is 77.4 Å². The Balaban J connectivity index is 1.88. The molecule has 3 rings (SSSR count). The summed E-state index contributed by atoms with van der Waals surface area (Å²) in [4.78, 5) is 12.2. The summed E-state index contributed by atoms with van der Waals surface area (Å²) >= 11 is 0. The molecule has 0 radical (unpaired) electrons. The smallest absolute Gasteiger partial charge is 0.352 e. The zero-order valence-corrected chi connectivity index (χ0v) is 18.3. The molecule has 162 valence electrons. The van der Waals surface area contributed by atoms with Crippen LogP contribution >= 0.6 is 0 Å². The first-order chi connectivity index (χ1) is 14.8. The third-order valence-corrected chi connectivity index (χ3v) is 4.99. The van der Waals surface area contributed by atoms with Crippen molar-refractivity contribution < 1.29 is 14.3 Å². The van der Waals surface area contributed by atoms with Crippen LogP contribution in [0, 0.1) is 13.8 Å². The molecule has 3 aromatic rings. The standard InChI is InChI=1S/C24H28N4O3/c1-16-11-19(18-8-6-9-20(13-18)30-4)14-21(12-16)31-15-22-17(2)7-5-10-23(22)28(26)24(29)27(3)25/h5-14H,15,25-26H2,1-4H3. The fourth-order valence-electron chi connectivity index (χ4n) is 3.33. The van der Waals surface area contributed by atoms with Crippen LogP contribution in [0.3, 0.4) is 0 Å². The van der Waals surface area contributed by atoms with Crippen molar-refractivity contribution >= 4 is 11.7 Å². The molecule has 4 N–H and O–H groups in total. The van der Waals surface area contributed by atoms with Gasteiger partial charge in [-0.2, -0.15) is 0 Å². The highest BCUT2D eigenvalue weighted by atomic mass is 16.5. The Hall–Kier alpha value is -3.55. The van der Waals surface area contributed by atoms with Crippen LogP contribution in [-0.4, -0.2) is 25.2 Å². The zero-order valence-electron chi connectivity index (χ0n) is 18.3. The molecule has 3 aromatic carbocycles. The van der Waals surface area contributed by atoms with Crippen molar-refractivity contribution in [1.29, 1.82) is 0 Å². The van der Waals surface area contributed by atoms with Crippen molar-refractivity contribution in [3.63, 3.8) is 0 Å². The van der Waals surface area contributed by atoms with E-state index in [9.17, 15) is 4.79 Å². The van der Waals surface area contributed by atoms with E-state index in [0.717, 1.165) is 49.3 Å². The van der Waals surface area contributed by atoms with Crippen LogP contribution in [-0.2, 0) is 6.61 Å². The molecule has 0 unspecified atom stereocenters. The van der Waals surface area contributed by atoms with Gasteiger partial charge in [-0.05, 0) is 66.4 Å². The Bertz CT molecular complexity index is 1080. The van der Waals surface area contributed by atoms with Crippen LogP contribution < -0.4 is 26.2 Å². The van der Waals surface area contributed by atoms with Gasteiger partial charge in [-0.1, -0.05) is 30.3 Å². The van der Waals surface area contributed by atoms with E-state index < -0.39 is 6.03 Å². The predicted molar refractivity (Wildman–Crippen MR) is 123 cm³/mol. The number of amides is 2. The lowest BCUT2D eigenvalue weighted by Gasteiger charge is -2.24. The largest absolute Gasteiger partial charge is 0.497 e. The Labute approximate surface area is 182 Å². The fourth-order valence-corrected chi connectivity index (χ4v) is 3.33. The Kier molecular flexibility index (Phi) is 6.79. The monoisotopic (exact) mass is 420 g/mol. The first-order valence-electron chi connectivity index (χ1n) is 9.84. The maximum atomic E-state index is 12.2. The SMILES string of the molecule is COc1cccc(-c2cc(C)cc(OCc3c(C)cccc3N(N)C(=O)N(C)N)c2)c1. The van der Waals surface area contributed by atoms with E-state index in [0.29, 0.717) is 5.69 Å².